The van der Waals surface area contributed by atoms with Gasteiger partial charge < -0.3 is 10.6 Å². The predicted molar refractivity (Wildman–Crippen MR) is 84.4 cm³/mol. The lowest BCUT2D eigenvalue weighted by Crippen LogP contribution is -2.51. The highest BCUT2D eigenvalue weighted by Gasteiger charge is 2.32. The van der Waals surface area contributed by atoms with Gasteiger partial charge in [0.1, 0.15) is 18.4 Å². The van der Waals surface area contributed by atoms with Gasteiger partial charge in [-0.25, -0.2) is 4.39 Å². The van der Waals surface area contributed by atoms with E-state index in [1.807, 2.05) is 20.8 Å². The third-order valence-electron chi connectivity index (χ3n) is 3.87. The zero-order valence-electron chi connectivity index (χ0n) is 13.1. The SMILES string of the molecule is CCC(C)NC(=O)CN1C(=O)C(CC)Nc2cc(F)ccc21. The zero-order valence-corrected chi connectivity index (χ0v) is 13.1. The molecule has 2 atom stereocenters. The maximum atomic E-state index is 13.4. The van der Waals surface area contributed by atoms with Crippen LogP contribution in [0.25, 0.3) is 0 Å². The Morgan fingerprint density at radius 3 is 2.82 bits per heavy atom. The lowest BCUT2D eigenvalue weighted by Gasteiger charge is -2.34. The summed E-state index contributed by atoms with van der Waals surface area (Å²) in [6, 6.07) is 3.78. The van der Waals surface area contributed by atoms with E-state index in [-0.39, 0.29) is 30.2 Å². The number of hydrogen-bond donors (Lipinski definition) is 2. The third kappa shape index (κ3) is 3.37. The second-order valence-electron chi connectivity index (χ2n) is 5.57. The summed E-state index contributed by atoms with van der Waals surface area (Å²) in [5, 5.41) is 5.87. The van der Waals surface area contributed by atoms with Gasteiger partial charge in [0, 0.05) is 6.04 Å². The summed E-state index contributed by atoms with van der Waals surface area (Å²) < 4.78 is 13.4. The first-order valence-electron chi connectivity index (χ1n) is 7.63. The number of carbonyl (C=O) groups excluding carboxylic acids is 2. The maximum absolute atomic E-state index is 13.4. The molecule has 2 rings (SSSR count). The smallest absolute Gasteiger partial charge is 0.250 e. The first kappa shape index (κ1) is 16.3. The summed E-state index contributed by atoms with van der Waals surface area (Å²) in [6.45, 7) is 5.71. The van der Waals surface area contributed by atoms with Crippen LogP contribution in [0.3, 0.4) is 0 Å². The second-order valence-corrected chi connectivity index (χ2v) is 5.57. The monoisotopic (exact) mass is 307 g/mol. The van der Waals surface area contributed by atoms with Gasteiger partial charge in [0.05, 0.1) is 11.4 Å². The van der Waals surface area contributed by atoms with E-state index in [0.29, 0.717) is 17.8 Å². The van der Waals surface area contributed by atoms with Crippen molar-refractivity contribution < 1.29 is 14.0 Å². The van der Waals surface area contributed by atoms with Crippen LogP contribution >= 0.6 is 0 Å². The van der Waals surface area contributed by atoms with E-state index < -0.39 is 6.04 Å². The van der Waals surface area contributed by atoms with Crippen LogP contribution in [-0.2, 0) is 9.59 Å². The maximum Gasteiger partial charge on any atom is 0.250 e. The van der Waals surface area contributed by atoms with Crippen LogP contribution in [0.1, 0.15) is 33.6 Å². The van der Waals surface area contributed by atoms with Crippen molar-refractivity contribution in [3.63, 3.8) is 0 Å². The first-order valence-corrected chi connectivity index (χ1v) is 7.63. The van der Waals surface area contributed by atoms with Gasteiger partial charge in [0.25, 0.3) is 0 Å². The van der Waals surface area contributed by atoms with Crippen molar-refractivity contribution in [3.05, 3.63) is 24.0 Å². The van der Waals surface area contributed by atoms with Crippen LogP contribution in [0, 0.1) is 5.82 Å². The molecule has 1 aromatic carbocycles. The number of carbonyl (C=O) groups is 2. The van der Waals surface area contributed by atoms with Crippen molar-refractivity contribution in [2.75, 3.05) is 16.8 Å². The Kier molecular flexibility index (Phi) is 5.00. The molecule has 0 aliphatic carbocycles. The van der Waals surface area contributed by atoms with Gasteiger partial charge in [0.2, 0.25) is 11.8 Å². The van der Waals surface area contributed by atoms with Gasteiger partial charge >= 0.3 is 0 Å². The summed E-state index contributed by atoms with van der Waals surface area (Å²) in [4.78, 5) is 26.0. The quantitative estimate of drug-likeness (QED) is 0.877. The summed E-state index contributed by atoms with van der Waals surface area (Å²) >= 11 is 0. The normalized spacial score (nSPS) is 18.5. The van der Waals surface area contributed by atoms with Crippen molar-refractivity contribution in [3.8, 4) is 0 Å². The Morgan fingerprint density at radius 1 is 1.45 bits per heavy atom. The molecular weight excluding hydrogens is 285 g/mol. The molecule has 0 radical (unpaired) electrons. The average molecular weight is 307 g/mol. The van der Waals surface area contributed by atoms with Crippen LogP contribution < -0.4 is 15.5 Å². The third-order valence-corrected chi connectivity index (χ3v) is 3.87. The van der Waals surface area contributed by atoms with E-state index >= 15 is 0 Å². The molecule has 6 heteroatoms. The zero-order chi connectivity index (χ0) is 16.3. The van der Waals surface area contributed by atoms with Crippen molar-refractivity contribution in [2.45, 2.75) is 45.7 Å². The fourth-order valence-electron chi connectivity index (χ4n) is 2.42. The Hall–Kier alpha value is -2.11. The Labute approximate surface area is 129 Å². The molecule has 1 heterocycles. The highest BCUT2D eigenvalue weighted by molar-refractivity contribution is 6.07. The summed E-state index contributed by atoms with van der Waals surface area (Å²) in [5.41, 5.74) is 1.08. The average Bonchev–Trinajstić information content (AvgIpc) is 2.49. The Balaban J connectivity index is 2.25. The molecule has 2 unspecified atom stereocenters. The van der Waals surface area contributed by atoms with E-state index in [4.69, 9.17) is 0 Å². The van der Waals surface area contributed by atoms with Crippen LogP contribution in [0.15, 0.2) is 18.2 Å². The minimum Gasteiger partial charge on any atom is -0.372 e. The highest BCUT2D eigenvalue weighted by atomic mass is 19.1. The fourth-order valence-corrected chi connectivity index (χ4v) is 2.42. The van der Waals surface area contributed by atoms with Crippen LogP contribution in [0.4, 0.5) is 15.8 Å². The van der Waals surface area contributed by atoms with Gasteiger partial charge in [-0.15, -0.1) is 0 Å². The molecule has 0 saturated heterocycles. The largest absolute Gasteiger partial charge is 0.372 e. The van der Waals surface area contributed by atoms with Gasteiger partial charge in [-0.2, -0.15) is 0 Å². The topological polar surface area (TPSA) is 61.4 Å². The molecule has 0 spiro atoms. The van der Waals surface area contributed by atoms with Crippen molar-refractivity contribution in [1.29, 1.82) is 0 Å². The molecule has 120 valence electrons. The van der Waals surface area contributed by atoms with E-state index in [0.717, 1.165) is 6.42 Å². The number of benzene rings is 1. The van der Waals surface area contributed by atoms with Crippen LogP contribution in [-0.4, -0.2) is 30.4 Å². The molecule has 22 heavy (non-hydrogen) atoms. The lowest BCUT2D eigenvalue weighted by molar-refractivity contribution is -0.124. The second kappa shape index (κ2) is 6.77. The van der Waals surface area contributed by atoms with E-state index in [9.17, 15) is 14.0 Å². The molecule has 1 aromatic rings. The molecule has 0 fully saturated rings. The van der Waals surface area contributed by atoms with Gasteiger partial charge in [-0.1, -0.05) is 13.8 Å². The van der Waals surface area contributed by atoms with Gasteiger partial charge in [-0.05, 0) is 38.0 Å². The standard InChI is InChI=1S/C16H22FN3O2/c1-4-10(3)18-15(21)9-20-14-7-6-11(17)8-13(14)19-12(5-2)16(20)22/h6-8,10,12,19H,4-5,9H2,1-3H3,(H,18,21). The molecule has 5 nitrogen and oxygen atoms in total. The van der Waals surface area contributed by atoms with Crippen molar-refractivity contribution in [1.82, 2.24) is 5.32 Å². The number of halogens is 1. The minimum absolute atomic E-state index is 0.0556. The number of hydrogen-bond acceptors (Lipinski definition) is 3. The predicted octanol–water partition coefficient (Wildman–Crippen LogP) is 2.28. The number of anilines is 2. The van der Waals surface area contributed by atoms with E-state index in [1.54, 1.807) is 0 Å². The van der Waals surface area contributed by atoms with E-state index in [1.165, 1.54) is 23.1 Å². The van der Waals surface area contributed by atoms with Crippen molar-refractivity contribution in [2.24, 2.45) is 0 Å². The molecule has 1 aliphatic heterocycles. The molecule has 2 N–H and O–H groups in total. The first-order chi connectivity index (χ1) is 10.5. The summed E-state index contributed by atoms with van der Waals surface area (Å²) in [5.74, 6) is -0.755. The molecular formula is C16H22FN3O2. The number of rotatable bonds is 5. The van der Waals surface area contributed by atoms with Crippen molar-refractivity contribution >= 4 is 23.2 Å². The van der Waals surface area contributed by atoms with Crippen LogP contribution in [0.2, 0.25) is 0 Å². The molecule has 0 saturated carbocycles. The molecule has 1 aliphatic rings. The Morgan fingerprint density at radius 2 is 2.18 bits per heavy atom. The minimum atomic E-state index is -0.439. The molecule has 0 aromatic heterocycles. The molecule has 0 bridgehead atoms. The summed E-state index contributed by atoms with van der Waals surface area (Å²) in [7, 11) is 0. The Bertz CT molecular complexity index is 577. The number of nitrogens with zero attached hydrogens (tertiary/aromatic N) is 1. The van der Waals surface area contributed by atoms with Gasteiger partial charge in [0.15, 0.2) is 0 Å². The summed E-state index contributed by atoms with van der Waals surface area (Å²) in [6.07, 6.45) is 1.39. The number of amides is 2. The lowest BCUT2D eigenvalue weighted by atomic mass is 10.1. The molecule has 2 amide bonds. The fraction of sp³-hybridized carbons (Fsp3) is 0.500. The van der Waals surface area contributed by atoms with E-state index in [2.05, 4.69) is 10.6 Å². The number of fused-ring (bicyclic) bond motifs is 1. The highest BCUT2D eigenvalue weighted by Crippen LogP contribution is 2.32. The van der Waals surface area contributed by atoms with Crippen LogP contribution in [0.5, 0.6) is 0 Å². The number of nitrogens with one attached hydrogen (secondary N) is 2. The van der Waals surface area contributed by atoms with Gasteiger partial charge in [-0.3, -0.25) is 14.5 Å².